The van der Waals surface area contributed by atoms with Crippen molar-refractivity contribution in [2.75, 3.05) is 6.54 Å². The molecule has 0 radical (unpaired) electrons. The Labute approximate surface area is 170 Å². The fourth-order valence-corrected chi connectivity index (χ4v) is 3.83. The Morgan fingerprint density at radius 1 is 1.00 bits per heavy atom. The summed E-state index contributed by atoms with van der Waals surface area (Å²) in [6.07, 6.45) is 3.94. The number of carbonyl (C=O) groups is 2. The van der Waals surface area contributed by atoms with E-state index in [1.165, 1.54) is 0 Å². The molecule has 5 heteroatoms. The van der Waals surface area contributed by atoms with Crippen LogP contribution in [-0.4, -0.2) is 28.2 Å². The van der Waals surface area contributed by atoms with Gasteiger partial charge in [-0.1, -0.05) is 86.3 Å². The van der Waals surface area contributed by atoms with Crippen LogP contribution in [0.1, 0.15) is 49.8 Å². The lowest BCUT2D eigenvalue weighted by Gasteiger charge is -2.26. The minimum atomic E-state index is -0.685. The summed E-state index contributed by atoms with van der Waals surface area (Å²) in [5, 5.41) is 11.4. The molecule has 0 aromatic heterocycles. The molecule has 0 aliphatic carbocycles. The maximum absolute atomic E-state index is 12.9. The van der Waals surface area contributed by atoms with Crippen LogP contribution in [0.25, 0.3) is 5.76 Å². The number of rotatable bonds is 7. The van der Waals surface area contributed by atoms with Gasteiger partial charge in [-0.05, 0) is 18.1 Å². The average molecular weight is 398 g/mol. The number of amides is 1. The standard InChI is InChI=1S/C23H24ClNO3/c1-2-3-4-10-15-25-20(17-13-8-9-14-18(17)24)19(22(27)23(25)28)21(26)16-11-6-5-7-12-16/h5-9,11-14,20,26H,2-4,10,15H2,1H3/t20-/m1/s1. The summed E-state index contributed by atoms with van der Waals surface area (Å²) in [7, 11) is 0. The Kier molecular flexibility index (Phi) is 6.53. The van der Waals surface area contributed by atoms with Crippen molar-refractivity contribution in [2.45, 2.75) is 38.6 Å². The number of hydrogen-bond donors (Lipinski definition) is 1. The molecular formula is C23H24ClNO3. The molecule has 28 heavy (non-hydrogen) atoms. The van der Waals surface area contributed by atoms with E-state index < -0.39 is 17.7 Å². The predicted octanol–water partition coefficient (Wildman–Crippen LogP) is 5.34. The summed E-state index contributed by atoms with van der Waals surface area (Å²) in [5.41, 5.74) is 1.25. The quantitative estimate of drug-likeness (QED) is 0.297. The van der Waals surface area contributed by atoms with Crippen LogP contribution in [0.4, 0.5) is 0 Å². The molecule has 4 nitrogen and oxygen atoms in total. The lowest BCUT2D eigenvalue weighted by molar-refractivity contribution is -0.139. The molecule has 3 rings (SSSR count). The average Bonchev–Trinajstić information content (AvgIpc) is 2.96. The molecule has 2 aromatic rings. The SMILES string of the molecule is CCCCCCN1C(=O)C(=O)C(=C(O)c2ccccc2)[C@H]1c1ccccc1Cl. The van der Waals surface area contributed by atoms with Gasteiger partial charge in [-0.15, -0.1) is 0 Å². The molecule has 0 bridgehead atoms. The first kappa shape index (κ1) is 20.2. The Bertz CT molecular complexity index is 892. The number of benzene rings is 2. The topological polar surface area (TPSA) is 57.6 Å². The normalized spacial score (nSPS) is 18.6. The number of nitrogens with zero attached hydrogens (tertiary/aromatic N) is 1. The van der Waals surface area contributed by atoms with Crippen LogP contribution in [0, 0.1) is 0 Å². The number of hydrogen-bond acceptors (Lipinski definition) is 3. The van der Waals surface area contributed by atoms with Crippen molar-refractivity contribution in [3.05, 3.63) is 76.3 Å². The van der Waals surface area contributed by atoms with Gasteiger partial charge >= 0.3 is 0 Å². The second-order valence-electron chi connectivity index (χ2n) is 6.94. The first-order chi connectivity index (χ1) is 13.6. The van der Waals surface area contributed by atoms with E-state index in [9.17, 15) is 14.7 Å². The number of Topliss-reactive ketones (excluding diaryl/α,β-unsaturated/α-hetero) is 1. The molecule has 1 aliphatic rings. The molecule has 1 fully saturated rings. The maximum Gasteiger partial charge on any atom is 0.295 e. The van der Waals surface area contributed by atoms with Crippen molar-refractivity contribution >= 4 is 29.1 Å². The highest BCUT2D eigenvalue weighted by molar-refractivity contribution is 6.47. The van der Waals surface area contributed by atoms with Gasteiger partial charge in [0.1, 0.15) is 5.76 Å². The van der Waals surface area contributed by atoms with Crippen molar-refractivity contribution in [2.24, 2.45) is 0 Å². The molecule has 146 valence electrons. The lowest BCUT2D eigenvalue weighted by atomic mass is 9.95. The van der Waals surface area contributed by atoms with Crippen LogP contribution in [0.5, 0.6) is 0 Å². The fraction of sp³-hybridized carbons (Fsp3) is 0.304. The molecular weight excluding hydrogens is 374 g/mol. The van der Waals surface area contributed by atoms with Gasteiger partial charge in [0.25, 0.3) is 11.7 Å². The summed E-state index contributed by atoms with van der Waals surface area (Å²) in [4.78, 5) is 27.2. The number of carbonyl (C=O) groups excluding carboxylic acids is 2. The number of aliphatic hydroxyl groups is 1. The number of likely N-dealkylation sites (tertiary alicyclic amines) is 1. The molecule has 2 aromatic carbocycles. The van der Waals surface area contributed by atoms with E-state index in [-0.39, 0.29) is 11.3 Å². The zero-order valence-electron chi connectivity index (χ0n) is 15.9. The first-order valence-corrected chi connectivity index (χ1v) is 10.0. The lowest BCUT2D eigenvalue weighted by Crippen LogP contribution is -2.30. The van der Waals surface area contributed by atoms with Crippen molar-refractivity contribution in [3.8, 4) is 0 Å². The Hall–Kier alpha value is -2.59. The highest BCUT2D eigenvalue weighted by atomic mass is 35.5. The molecule has 1 amide bonds. The van der Waals surface area contributed by atoms with E-state index in [2.05, 4.69) is 6.92 Å². The van der Waals surface area contributed by atoms with E-state index >= 15 is 0 Å². The van der Waals surface area contributed by atoms with Gasteiger partial charge in [-0.3, -0.25) is 9.59 Å². The predicted molar refractivity (Wildman–Crippen MR) is 111 cm³/mol. The highest BCUT2D eigenvalue weighted by Crippen LogP contribution is 2.41. The Morgan fingerprint density at radius 2 is 1.68 bits per heavy atom. The molecule has 1 N–H and O–H groups in total. The Balaban J connectivity index is 2.08. The molecule has 0 spiro atoms. The first-order valence-electron chi connectivity index (χ1n) is 9.64. The zero-order chi connectivity index (χ0) is 20.1. The smallest absolute Gasteiger partial charge is 0.295 e. The Morgan fingerprint density at radius 3 is 2.36 bits per heavy atom. The third kappa shape index (κ3) is 3.97. The van der Waals surface area contributed by atoms with Crippen molar-refractivity contribution in [3.63, 3.8) is 0 Å². The number of halogens is 1. The van der Waals surface area contributed by atoms with Gasteiger partial charge in [0, 0.05) is 17.1 Å². The third-order valence-corrected chi connectivity index (χ3v) is 5.38. The van der Waals surface area contributed by atoms with Crippen LogP contribution in [0.15, 0.2) is 60.2 Å². The summed E-state index contributed by atoms with van der Waals surface area (Å²) in [5.74, 6) is -1.42. The van der Waals surface area contributed by atoms with Gasteiger partial charge in [0.05, 0.1) is 11.6 Å². The molecule has 0 unspecified atom stereocenters. The number of unbranched alkanes of at least 4 members (excludes halogenated alkanes) is 3. The highest BCUT2D eigenvalue weighted by Gasteiger charge is 2.46. The number of ketones is 1. The molecule has 0 saturated carbocycles. The van der Waals surface area contributed by atoms with Gasteiger partial charge in [-0.25, -0.2) is 0 Å². The maximum atomic E-state index is 12.9. The van der Waals surface area contributed by atoms with Crippen molar-refractivity contribution < 1.29 is 14.7 Å². The van der Waals surface area contributed by atoms with E-state index in [1.54, 1.807) is 47.4 Å². The van der Waals surface area contributed by atoms with Crippen LogP contribution >= 0.6 is 11.6 Å². The molecule has 1 heterocycles. The minimum Gasteiger partial charge on any atom is -0.507 e. The second-order valence-corrected chi connectivity index (χ2v) is 7.35. The molecule has 1 atom stereocenters. The van der Waals surface area contributed by atoms with Crippen LogP contribution in [0.2, 0.25) is 5.02 Å². The van der Waals surface area contributed by atoms with Gasteiger partial charge < -0.3 is 10.0 Å². The van der Waals surface area contributed by atoms with Gasteiger partial charge in [-0.2, -0.15) is 0 Å². The summed E-state index contributed by atoms with van der Waals surface area (Å²) < 4.78 is 0. The van der Waals surface area contributed by atoms with E-state index in [1.807, 2.05) is 12.1 Å². The molecule has 1 saturated heterocycles. The second kappa shape index (κ2) is 9.07. The summed E-state index contributed by atoms with van der Waals surface area (Å²) >= 11 is 6.41. The van der Waals surface area contributed by atoms with Crippen LogP contribution < -0.4 is 0 Å². The van der Waals surface area contributed by atoms with Crippen LogP contribution in [0.3, 0.4) is 0 Å². The third-order valence-electron chi connectivity index (χ3n) is 5.04. The van der Waals surface area contributed by atoms with Crippen molar-refractivity contribution in [1.29, 1.82) is 0 Å². The molecule has 1 aliphatic heterocycles. The zero-order valence-corrected chi connectivity index (χ0v) is 16.7. The fourth-order valence-electron chi connectivity index (χ4n) is 3.59. The number of aliphatic hydroxyl groups excluding tert-OH is 1. The van der Waals surface area contributed by atoms with Gasteiger partial charge in [0.2, 0.25) is 0 Å². The summed E-state index contributed by atoms with van der Waals surface area (Å²) in [6.45, 7) is 2.57. The monoisotopic (exact) mass is 397 g/mol. The van der Waals surface area contributed by atoms with Crippen LogP contribution in [-0.2, 0) is 9.59 Å². The summed E-state index contributed by atoms with van der Waals surface area (Å²) in [6, 6.07) is 15.3. The minimum absolute atomic E-state index is 0.0970. The van der Waals surface area contributed by atoms with E-state index in [4.69, 9.17) is 11.6 Å². The van der Waals surface area contributed by atoms with Gasteiger partial charge in [0.15, 0.2) is 0 Å². The van der Waals surface area contributed by atoms with E-state index in [0.717, 1.165) is 25.7 Å². The van der Waals surface area contributed by atoms with Crippen molar-refractivity contribution in [1.82, 2.24) is 4.90 Å². The van der Waals surface area contributed by atoms with E-state index in [0.29, 0.717) is 22.7 Å². The largest absolute Gasteiger partial charge is 0.507 e.